The molecule has 1 aromatic carbocycles. The van der Waals surface area contributed by atoms with E-state index < -0.39 is 11.6 Å². The molecule has 0 radical (unpaired) electrons. The van der Waals surface area contributed by atoms with Crippen LogP contribution in [0.25, 0.3) is 0 Å². The van der Waals surface area contributed by atoms with Crippen LogP contribution < -0.4 is 10.1 Å². The minimum Gasteiger partial charge on any atom is -0.489 e. The van der Waals surface area contributed by atoms with E-state index in [-0.39, 0.29) is 42.4 Å². The van der Waals surface area contributed by atoms with E-state index in [1.807, 2.05) is 6.92 Å². The lowest BCUT2D eigenvalue weighted by Gasteiger charge is -2.34. The summed E-state index contributed by atoms with van der Waals surface area (Å²) in [4.78, 5) is 6.77. The van der Waals surface area contributed by atoms with Crippen molar-refractivity contribution in [1.29, 1.82) is 0 Å². The van der Waals surface area contributed by atoms with Gasteiger partial charge in [-0.05, 0) is 38.3 Å². The number of nitrogens with one attached hydrogen (secondary N) is 1. The standard InChI is InChI=1S/C20H31F2N3O3.HI/c1-3-23-20(24-9-14-28-19-6-5-16(21)15-18(19)22)25-10-7-17(8-11-25)27-13-4-12-26-2;/h5-6,15,17H,3-4,7-14H2,1-2H3,(H,23,24);1H. The summed E-state index contributed by atoms with van der Waals surface area (Å²) >= 11 is 0. The van der Waals surface area contributed by atoms with E-state index in [0.29, 0.717) is 6.54 Å². The second kappa shape index (κ2) is 14.7. The largest absolute Gasteiger partial charge is 0.489 e. The van der Waals surface area contributed by atoms with Crippen LogP contribution in [0.2, 0.25) is 0 Å². The maximum Gasteiger partial charge on any atom is 0.194 e. The van der Waals surface area contributed by atoms with E-state index in [4.69, 9.17) is 14.2 Å². The Morgan fingerprint density at radius 1 is 1.21 bits per heavy atom. The average Bonchev–Trinajstić information content (AvgIpc) is 2.69. The van der Waals surface area contributed by atoms with Crippen LogP contribution in [0, 0.1) is 11.6 Å². The first kappa shape index (κ1) is 25.8. The highest BCUT2D eigenvalue weighted by Crippen LogP contribution is 2.17. The Morgan fingerprint density at radius 3 is 2.62 bits per heavy atom. The Labute approximate surface area is 189 Å². The Kier molecular flexibility index (Phi) is 13.1. The van der Waals surface area contributed by atoms with Gasteiger partial charge >= 0.3 is 0 Å². The molecule has 29 heavy (non-hydrogen) atoms. The maximum absolute atomic E-state index is 13.6. The summed E-state index contributed by atoms with van der Waals surface area (Å²) < 4.78 is 42.8. The second-order valence-electron chi connectivity index (χ2n) is 6.56. The lowest BCUT2D eigenvalue weighted by molar-refractivity contribution is 0.00990. The van der Waals surface area contributed by atoms with E-state index in [2.05, 4.69) is 15.2 Å². The minimum absolute atomic E-state index is 0. The molecule has 1 fully saturated rings. The molecule has 0 saturated carbocycles. The molecule has 1 N–H and O–H groups in total. The molecule has 0 aliphatic carbocycles. The molecule has 0 aromatic heterocycles. The number of guanidine groups is 1. The fraction of sp³-hybridized carbons (Fsp3) is 0.650. The predicted octanol–water partition coefficient (Wildman–Crippen LogP) is 3.44. The number of hydrogen-bond acceptors (Lipinski definition) is 4. The van der Waals surface area contributed by atoms with Crippen LogP contribution in [0.3, 0.4) is 0 Å². The van der Waals surface area contributed by atoms with Gasteiger partial charge in [-0.15, -0.1) is 24.0 Å². The third-order valence-electron chi connectivity index (χ3n) is 4.43. The van der Waals surface area contributed by atoms with Gasteiger partial charge in [0, 0.05) is 46.0 Å². The molecule has 1 aliphatic heterocycles. The van der Waals surface area contributed by atoms with E-state index in [1.54, 1.807) is 7.11 Å². The molecular formula is C20H32F2IN3O3. The van der Waals surface area contributed by atoms with Crippen molar-refractivity contribution in [1.82, 2.24) is 10.2 Å². The summed E-state index contributed by atoms with van der Waals surface area (Å²) in [5.41, 5.74) is 0. The summed E-state index contributed by atoms with van der Waals surface area (Å²) in [6, 6.07) is 3.27. The van der Waals surface area contributed by atoms with Gasteiger partial charge in [-0.2, -0.15) is 0 Å². The number of piperidine rings is 1. The van der Waals surface area contributed by atoms with Gasteiger partial charge in [-0.3, -0.25) is 0 Å². The van der Waals surface area contributed by atoms with Crippen molar-refractivity contribution in [2.45, 2.75) is 32.3 Å². The van der Waals surface area contributed by atoms with Gasteiger partial charge in [0.15, 0.2) is 17.5 Å². The summed E-state index contributed by atoms with van der Waals surface area (Å²) in [5, 5.41) is 3.28. The van der Waals surface area contributed by atoms with Crippen molar-refractivity contribution >= 4 is 29.9 Å². The van der Waals surface area contributed by atoms with Crippen LogP contribution in [0.15, 0.2) is 23.2 Å². The molecule has 1 aliphatic rings. The van der Waals surface area contributed by atoms with E-state index in [1.165, 1.54) is 12.1 Å². The molecule has 1 aromatic rings. The Morgan fingerprint density at radius 2 is 1.97 bits per heavy atom. The number of likely N-dealkylation sites (tertiary alicyclic amines) is 1. The first-order valence-corrected chi connectivity index (χ1v) is 9.85. The Bertz CT molecular complexity index is 615. The molecule has 1 saturated heterocycles. The van der Waals surface area contributed by atoms with Gasteiger partial charge in [0.25, 0.3) is 0 Å². The van der Waals surface area contributed by atoms with Crippen molar-refractivity contribution in [3.05, 3.63) is 29.8 Å². The number of halogens is 3. The molecule has 0 atom stereocenters. The zero-order chi connectivity index (χ0) is 20.2. The van der Waals surface area contributed by atoms with Crippen LogP contribution in [-0.2, 0) is 9.47 Å². The van der Waals surface area contributed by atoms with Crippen molar-refractivity contribution in [3.63, 3.8) is 0 Å². The average molecular weight is 527 g/mol. The number of nitrogens with zero attached hydrogens (tertiary/aromatic N) is 2. The molecule has 6 nitrogen and oxygen atoms in total. The highest BCUT2D eigenvalue weighted by atomic mass is 127. The normalized spacial score (nSPS) is 15.2. The first-order chi connectivity index (χ1) is 13.6. The highest BCUT2D eigenvalue weighted by molar-refractivity contribution is 14.0. The number of aliphatic imine (C=N–C) groups is 1. The van der Waals surface area contributed by atoms with Gasteiger partial charge in [-0.25, -0.2) is 13.8 Å². The molecule has 2 rings (SSSR count). The van der Waals surface area contributed by atoms with Crippen LogP contribution in [-0.4, -0.2) is 70.1 Å². The molecule has 9 heteroatoms. The maximum atomic E-state index is 13.6. The Hall–Kier alpha value is -1.20. The van der Waals surface area contributed by atoms with E-state index in [0.717, 1.165) is 64.1 Å². The van der Waals surface area contributed by atoms with E-state index >= 15 is 0 Å². The lowest BCUT2D eigenvalue weighted by atomic mass is 10.1. The highest BCUT2D eigenvalue weighted by Gasteiger charge is 2.21. The van der Waals surface area contributed by atoms with E-state index in [9.17, 15) is 8.78 Å². The number of methoxy groups -OCH3 is 1. The molecular weight excluding hydrogens is 495 g/mol. The lowest BCUT2D eigenvalue weighted by Crippen LogP contribution is -2.47. The van der Waals surface area contributed by atoms with Crippen molar-refractivity contribution in [2.75, 3.05) is 53.1 Å². The third-order valence-corrected chi connectivity index (χ3v) is 4.43. The number of ether oxygens (including phenoxy) is 3. The second-order valence-corrected chi connectivity index (χ2v) is 6.56. The Balaban J connectivity index is 0.00000420. The predicted molar refractivity (Wildman–Crippen MR) is 120 cm³/mol. The molecule has 166 valence electrons. The first-order valence-electron chi connectivity index (χ1n) is 9.85. The summed E-state index contributed by atoms with van der Waals surface area (Å²) in [6.45, 7) is 6.57. The van der Waals surface area contributed by atoms with Gasteiger partial charge in [-0.1, -0.05) is 0 Å². The van der Waals surface area contributed by atoms with Crippen LogP contribution >= 0.6 is 24.0 Å². The molecule has 0 unspecified atom stereocenters. The van der Waals surface area contributed by atoms with Gasteiger partial charge in [0.05, 0.1) is 12.6 Å². The monoisotopic (exact) mass is 527 g/mol. The fourth-order valence-corrected chi connectivity index (χ4v) is 3.01. The van der Waals surface area contributed by atoms with Gasteiger partial charge < -0.3 is 24.4 Å². The quantitative estimate of drug-likeness (QED) is 0.219. The van der Waals surface area contributed by atoms with Crippen LogP contribution in [0.4, 0.5) is 8.78 Å². The van der Waals surface area contributed by atoms with Crippen LogP contribution in [0.1, 0.15) is 26.2 Å². The molecule has 0 bridgehead atoms. The summed E-state index contributed by atoms with van der Waals surface area (Å²) in [5.74, 6) is -0.469. The summed E-state index contributed by atoms with van der Waals surface area (Å²) in [6.07, 6.45) is 3.10. The molecule has 0 amide bonds. The van der Waals surface area contributed by atoms with Gasteiger partial charge in [0.1, 0.15) is 12.4 Å². The fourth-order valence-electron chi connectivity index (χ4n) is 3.01. The number of hydrogen-bond donors (Lipinski definition) is 1. The zero-order valence-electron chi connectivity index (χ0n) is 17.2. The minimum atomic E-state index is -0.705. The van der Waals surface area contributed by atoms with Gasteiger partial charge in [0.2, 0.25) is 0 Å². The molecule has 0 spiro atoms. The SMILES string of the molecule is CCNC(=NCCOc1ccc(F)cc1F)N1CCC(OCCCOC)CC1.I. The zero-order valence-corrected chi connectivity index (χ0v) is 19.5. The smallest absolute Gasteiger partial charge is 0.194 e. The van der Waals surface area contributed by atoms with Crippen molar-refractivity contribution in [2.24, 2.45) is 4.99 Å². The molecule has 1 heterocycles. The third kappa shape index (κ3) is 9.43. The number of benzene rings is 1. The van der Waals surface area contributed by atoms with Crippen molar-refractivity contribution < 1.29 is 23.0 Å². The van der Waals surface area contributed by atoms with Crippen molar-refractivity contribution in [3.8, 4) is 5.75 Å². The number of rotatable bonds is 10. The topological polar surface area (TPSA) is 55.3 Å². The summed E-state index contributed by atoms with van der Waals surface area (Å²) in [7, 11) is 1.70. The van der Waals surface area contributed by atoms with Crippen LogP contribution in [0.5, 0.6) is 5.75 Å².